The minimum Gasteiger partial charge on any atom is -0.508 e. The number of halogens is 1. The summed E-state index contributed by atoms with van der Waals surface area (Å²) in [6.45, 7) is 6.58. The number of carboxylic acids is 1. The van der Waals surface area contributed by atoms with E-state index in [0.29, 0.717) is 5.75 Å². The van der Waals surface area contributed by atoms with E-state index in [1.807, 2.05) is 12.1 Å². The lowest BCUT2D eigenvalue weighted by atomic mass is 10.1. The SMILES string of the molecule is CC(=O)O.CCCN(CCc1ccccc1)CCc1cccc(O)c1.Cl. The van der Waals surface area contributed by atoms with Crippen molar-refractivity contribution in [3.63, 3.8) is 0 Å². The molecule has 0 unspecified atom stereocenters. The molecule has 0 fully saturated rings. The number of phenols is 1. The molecule has 0 saturated heterocycles. The Hall–Kier alpha value is -2.04. The Morgan fingerprint density at radius 2 is 1.46 bits per heavy atom. The second-order valence-corrected chi connectivity index (χ2v) is 6.02. The first-order valence-corrected chi connectivity index (χ1v) is 8.75. The van der Waals surface area contributed by atoms with Crippen LogP contribution in [-0.2, 0) is 17.6 Å². The first-order chi connectivity index (χ1) is 12.0. The van der Waals surface area contributed by atoms with Crippen LogP contribution in [0, 0.1) is 0 Å². The molecular weight excluding hydrogens is 350 g/mol. The highest BCUT2D eigenvalue weighted by Gasteiger charge is 2.05. The van der Waals surface area contributed by atoms with Crippen molar-refractivity contribution in [2.45, 2.75) is 33.1 Å². The van der Waals surface area contributed by atoms with E-state index in [9.17, 15) is 5.11 Å². The van der Waals surface area contributed by atoms with Gasteiger partial charge < -0.3 is 15.1 Å². The molecule has 144 valence electrons. The van der Waals surface area contributed by atoms with Crippen molar-refractivity contribution >= 4 is 18.4 Å². The molecular formula is C21H30ClNO3. The van der Waals surface area contributed by atoms with Crippen LogP contribution < -0.4 is 0 Å². The zero-order chi connectivity index (χ0) is 18.5. The topological polar surface area (TPSA) is 60.8 Å². The number of aliphatic carboxylic acids is 1. The fraction of sp³-hybridized carbons (Fsp3) is 0.381. The highest BCUT2D eigenvalue weighted by atomic mass is 35.5. The molecule has 0 atom stereocenters. The molecule has 2 N–H and O–H groups in total. The maximum Gasteiger partial charge on any atom is 0.300 e. The monoisotopic (exact) mass is 379 g/mol. The van der Waals surface area contributed by atoms with Gasteiger partial charge in [0.2, 0.25) is 0 Å². The van der Waals surface area contributed by atoms with Crippen LogP contribution in [0.25, 0.3) is 0 Å². The van der Waals surface area contributed by atoms with Gasteiger partial charge in [-0.15, -0.1) is 12.4 Å². The van der Waals surface area contributed by atoms with E-state index in [0.717, 1.165) is 39.4 Å². The van der Waals surface area contributed by atoms with Crippen LogP contribution in [0.1, 0.15) is 31.4 Å². The number of nitrogens with zero attached hydrogens (tertiary/aromatic N) is 1. The third-order valence-corrected chi connectivity index (χ3v) is 3.73. The van der Waals surface area contributed by atoms with E-state index in [-0.39, 0.29) is 12.4 Å². The first-order valence-electron chi connectivity index (χ1n) is 8.75. The Morgan fingerprint density at radius 3 is 2.00 bits per heavy atom. The number of hydrogen-bond donors (Lipinski definition) is 2. The van der Waals surface area contributed by atoms with Gasteiger partial charge in [-0.3, -0.25) is 4.79 Å². The van der Waals surface area contributed by atoms with Crippen LogP contribution in [0.15, 0.2) is 54.6 Å². The first kappa shape index (κ1) is 24.0. The van der Waals surface area contributed by atoms with Gasteiger partial charge in [0, 0.05) is 20.0 Å². The molecule has 0 bridgehead atoms. The maximum absolute atomic E-state index is 9.52. The standard InChI is InChI=1S/C19H25NO.C2H4O2.ClH/c1-2-13-20(14-11-17-7-4-3-5-8-17)15-12-18-9-6-10-19(21)16-18;1-2(3)4;/h3-10,16,21H,2,11-15H2,1H3;1H3,(H,3,4);1H. The third-order valence-electron chi connectivity index (χ3n) is 3.73. The molecule has 2 aromatic carbocycles. The largest absolute Gasteiger partial charge is 0.508 e. The van der Waals surface area contributed by atoms with Crippen LogP contribution >= 0.6 is 12.4 Å². The van der Waals surface area contributed by atoms with Gasteiger partial charge in [-0.05, 0) is 49.1 Å². The zero-order valence-corrected chi connectivity index (χ0v) is 16.4. The van der Waals surface area contributed by atoms with Crippen molar-refractivity contribution in [1.82, 2.24) is 4.90 Å². The molecule has 2 aromatic rings. The van der Waals surface area contributed by atoms with Gasteiger partial charge in [-0.2, -0.15) is 0 Å². The minimum atomic E-state index is -0.833. The highest BCUT2D eigenvalue weighted by Crippen LogP contribution is 2.12. The molecule has 0 spiro atoms. The van der Waals surface area contributed by atoms with Crippen molar-refractivity contribution in [1.29, 1.82) is 0 Å². The van der Waals surface area contributed by atoms with Gasteiger partial charge in [-0.25, -0.2) is 0 Å². The number of carbonyl (C=O) groups is 1. The van der Waals surface area contributed by atoms with E-state index >= 15 is 0 Å². The molecule has 0 heterocycles. The molecule has 0 amide bonds. The summed E-state index contributed by atoms with van der Waals surface area (Å²) in [4.78, 5) is 11.5. The fourth-order valence-corrected chi connectivity index (χ4v) is 2.58. The van der Waals surface area contributed by atoms with Gasteiger partial charge in [0.25, 0.3) is 5.97 Å². The molecule has 0 aliphatic carbocycles. The Bertz CT molecular complexity index is 616. The molecule has 2 rings (SSSR count). The molecule has 0 aliphatic rings. The molecule has 26 heavy (non-hydrogen) atoms. The second-order valence-electron chi connectivity index (χ2n) is 6.02. The van der Waals surface area contributed by atoms with E-state index in [4.69, 9.17) is 9.90 Å². The van der Waals surface area contributed by atoms with Crippen molar-refractivity contribution in [3.8, 4) is 5.75 Å². The smallest absolute Gasteiger partial charge is 0.300 e. The highest BCUT2D eigenvalue weighted by molar-refractivity contribution is 5.85. The quantitative estimate of drug-likeness (QED) is 0.713. The Balaban J connectivity index is 0.00000113. The normalized spacial score (nSPS) is 9.81. The molecule has 0 saturated carbocycles. The van der Waals surface area contributed by atoms with Crippen molar-refractivity contribution in [3.05, 3.63) is 65.7 Å². The number of hydrogen-bond acceptors (Lipinski definition) is 3. The number of benzene rings is 2. The van der Waals surface area contributed by atoms with E-state index in [1.54, 1.807) is 6.07 Å². The number of phenolic OH excluding ortho intramolecular Hbond substituents is 1. The van der Waals surface area contributed by atoms with Gasteiger partial charge >= 0.3 is 0 Å². The van der Waals surface area contributed by atoms with Crippen LogP contribution in [0.2, 0.25) is 0 Å². The lowest BCUT2D eigenvalue weighted by Crippen LogP contribution is -2.29. The molecule has 0 aliphatic heterocycles. The lowest BCUT2D eigenvalue weighted by Gasteiger charge is -2.21. The van der Waals surface area contributed by atoms with Crippen molar-refractivity contribution < 1.29 is 15.0 Å². The summed E-state index contributed by atoms with van der Waals surface area (Å²) >= 11 is 0. The molecule has 4 nitrogen and oxygen atoms in total. The van der Waals surface area contributed by atoms with Gasteiger partial charge in [0.15, 0.2) is 0 Å². The molecule has 0 aromatic heterocycles. The van der Waals surface area contributed by atoms with Crippen LogP contribution in [0.4, 0.5) is 0 Å². The number of aromatic hydroxyl groups is 1. The average molecular weight is 380 g/mol. The third kappa shape index (κ3) is 11.5. The van der Waals surface area contributed by atoms with Gasteiger partial charge in [0.05, 0.1) is 0 Å². The fourth-order valence-electron chi connectivity index (χ4n) is 2.58. The molecule has 5 heteroatoms. The Labute approximate surface area is 162 Å². The summed E-state index contributed by atoms with van der Waals surface area (Å²) < 4.78 is 0. The zero-order valence-electron chi connectivity index (χ0n) is 15.6. The summed E-state index contributed by atoms with van der Waals surface area (Å²) in [5, 5.41) is 16.9. The van der Waals surface area contributed by atoms with Crippen LogP contribution in [0.5, 0.6) is 5.75 Å². The number of carboxylic acid groups (broad SMARTS) is 1. The van der Waals surface area contributed by atoms with Gasteiger partial charge in [-0.1, -0.05) is 49.4 Å². The van der Waals surface area contributed by atoms with E-state index in [1.165, 1.54) is 17.5 Å². The van der Waals surface area contributed by atoms with E-state index in [2.05, 4.69) is 48.2 Å². The van der Waals surface area contributed by atoms with Crippen molar-refractivity contribution in [2.24, 2.45) is 0 Å². The summed E-state index contributed by atoms with van der Waals surface area (Å²) in [7, 11) is 0. The second kappa shape index (κ2) is 14.2. The molecule has 0 radical (unpaired) electrons. The van der Waals surface area contributed by atoms with Crippen molar-refractivity contribution in [2.75, 3.05) is 19.6 Å². The van der Waals surface area contributed by atoms with Crippen LogP contribution in [0.3, 0.4) is 0 Å². The van der Waals surface area contributed by atoms with Crippen LogP contribution in [-0.4, -0.2) is 40.7 Å². The average Bonchev–Trinajstić information content (AvgIpc) is 2.58. The number of rotatable bonds is 8. The Kier molecular flexibility index (Phi) is 13.1. The summed E-state index contributed by atoms with van der Waals surface area (Å²) in [6.07, 6.45) is 3.26. The predicted molar refractivity (Wildman–Crippen MR) is 109 cm³/mol. The minimum absolute atomic E-state index is 0. The summed E-state index contributed by atoms with van der Waals surface area (Å²) in [5.74, 6) is -0.473. The summed E-state index contributed by atoms with van der Waals surface area (Å²) in [6, 6.07) is 18.2. The predicted octanol–water partition coefficient (Wildman–Crippen LogP) is 4.40. The van der Waals surface area contributed by atoms with Gasteiger partial charge in [0.1, 0.15) is 5.75 Å². The Morgan fingerprint density at radius 1 is 0.923 bits per heavy atom. The maximum atomic E-state index is 9.52. The lowest BCUT2D eigenvalue weighted by molar-refractivity contribution is -0.134. The summed E-state index contributed by atoms with van der Waals surface area (Å²) in [5.41, 5.74) is 2.60. The van der Waals surface area contributed by atoms with E-state index < -0.39 is 5.97 Å².